The molecular formula is C14H22O12. The molecule has 150 valence electrons. The molecule has 0 radical (unpaired) electrons. The Bertz CT molecular complexity index is 466. The van der Waals surface area contributed by atoms with Crippen LogP contribution in [-0.4, -0.2) is 115 Å². The lowest BCUT2D eigenvalue weighted by Crippen LogP contribution is -2.44. The van der Waals surface area contributed by atoms with E-state index in [2.05, 4.69) is 17.6 Å². The Balaban J connectivity index is 0. The van der Waals surface area contributed by atoms with Crippen molar-refractivity contribution in [3.8, 4) is 12.8 Å². The molecule has 7 atom stereocenters. The van der Waals surface area contributed by atoms with Crippen LogP contribution in [0, 0.1) is 12.8 Å². The molecular weight excluding hydrogens is 360 g/mol. The minimum Gasteiger partial charge on any atom is -0.394 e. The van der Waals surface area contributed by atoms with E-state index in [0.29, 0.717) is 0 Å². The summed E-state index contributed by atoms with van der Waals surface area (Å²) in [6.07, 6.45) is -1.94. The lowest BCUT2D eigenvalue weighted by Gasteiger charge is -2.18. The maximum atomic E-state index is 10.4. The van der Waals surface area contributed by atoms with Crippen LogP contribution in [0.15, 0.2) is 0 Å². The standard InChI is InChI=1S/2C6H10O6.C2H2/c7-1-3-4(9)5(10)6(11,2-8)12-3;7-1-3(9)5(11)6(12)4(10)2-8;1-2/h2-5,7,9-11H,1H2;1,4-6,8,10-12H,2H2;1-2H/t3-,4+,5-,6+;4-,5+,6+;/m00./s1. The van der Waals surface area contributed by atoms with Gasteiger partial charge in [-0.1, -0.05) is 0 Å². The smallest absolute Gasteiger partial charge is 0.253 e. The molecule has 0 unspecified atom stereocenters. The number of ether oxygens (including phenoxy) is 1. The van der Waals surface area contributed by atoms with Crippen LogP contribution in [0.4, 0.5) is 0 Å². The molecule has 8 N–H and O–H groups in total. The zero-order chi connectivity index (χ0) is 21.1. The van der Waals surface area contributed by atoms with Crippen molar-refractivity contribution in [1.82, 2.24) is 0 Å². The Morgan fingerprint density at radius 3 is 1.92 bits per heavy atom. The molecule has 1 aliphatic heterocycles. The maximum Gasteiger partial charge on any atom is 0.253 e. The maximum absolute atomic E-state index is 10.4. The highest BCUT2D eigenvalue weighted by atomic mass is 16.7. The van der Waals surface area contributed by atoms with Gasteiger partial charge in [0.2, 0.25) is 5.78 Å². The second kappa shape index (κ2) is 12.5. The van der Waals surface area contributed by atoms with Gasteiger partial charge >= 0.3 is 0 Å². The van der Waals surface area contributed by atoms with Crippen LogP contribution in [0.5, 0.6) is 0 Å². The SMILES string of the molecule is C#C.O=CC(=O)[C@@H](O)[C@H](O)[C@@H](O)CO.O=C[C@@]1(O)O[C@@H](CO)[C@@H](O)[C@@H]1O. The summed E-state index contributed by atoms with van der Waals surface area (Å²) in [5, 5.41) is 70.4. The van der Waals surface area contributed by atoms with Crippen molar-refractivity contribution < 1.29 is 60.0 Å². The van der Waals surface area contributed by atoms with Crippen LogP contribution in [0.1, 0.15) is 0 Å². The quantitative estimate of drug-likeness (QED) is 0.117. The van der Waals surface area contributed by atoms with Gasteiger partial charge in [-0.05, 0) is 0 Å². The fourth-order valence-corrected chi connectivity index (χ4v) is 1.63. The highest BCUT2D eigenvalue weighted by Gasteiger charge is 2.53. The van der Waals surface area contributed by atoms with Gasteiger partial charge in [-0.3, -0.25) is 14.4 Å². The molecule has 1 fully saturated rings. The first kappa shape index (κ1) is 26.4. The molecule has 0 saturated carbocycles. The van der Waals surface area contributed by atoms with E-state index in [1.807, 2.05) is 0 Å². The number of hydrogen-bond acceptors (Lipinski definition) is 12. The summed E-state index contributed by atoms with van der Waals surface area (Å²) in [6, 6.07) is 0. The first-order valence-electron chi connectivity index (χ1n) is 6.90. The van der Waals surface area contributed by atoms with Gasteiger partial charge in [0.05, 0.1) is 13.2 Å². The van der Waals surface area contributed by atoms with Crippen LogP contribution in [0.25, 0.3) is 0 Å². The van der Waals surface area contributed by atoms with Crippen LogP contribution >= 0.6 is 0 Å². The van der Waals surface area contributed by atoms with Crippen LogP contribution < -0.4 is 0 Å². The third kappa shape index (κ3) is 6.84. The Morgan fingerprint density at radius 2 is 1.65 bits per heavy atom. The van der Waals surface area contributed by atoms with Gasteiger partial charge in [0.1, 0.15) is 36.6 Å². The number of rotatable bonds is 7. The van der Waals surface area contributed by atoms with Gasteiger partial charge in [0.25, 0.3) is 5.79 Å². The normalized spacial score (nSPS) is 30.5. The molecule has 0 aliphatic carbocycles. The minimum atomic E-state index is -2.40. The monoisotopic (exact) mass is 382 g/mol. The summed E-state index contributed by atoms with van der Waals surface area (Å²) in [5.74, 6) is -3.64. The fraction of sp³-hybridized carbons (Fsp3) is 0.643. The predicted molar refractivity (Wildman–Crippen MR) is 81.1 cm³/mol. The number of aliphatic hydroxyl groups excluding tert-OH is 7. The van der Waals surface area contributed by atoms with Crippen LogP contribution in [-0.2, 0) is 19.1 Å². The lowest BCUT2D eigenvalue weighted by molar-refractivity contribution is -0.213. The Hall–Kier alpha value is -1.79. The second-order valence-corrected chi connectivity index (χ2v) is 4.85. The van der Waals surface area contributed by atoms with Crippen molar-refractivity contribution in [3.05, 3.63) is 0 Å². The third-order valence-electron chi connectivity index (χ3n) is 3.13. The molecule has 12 heteroatoms. The number of carbonyl (C=O) groups is 3. The summed E-state index contributed by atoms with van der Waals surface area (Å²) in [4.78, 5) is 30.4. The Labute approximate surface area is 147 Å². The summed E-state index contributed by atoms with van der Waals surface area (Å²) in [5.41, 5.74) is 0. The second-order valence-electron chi connectivity index (χ2n) is 4.85. The molecule has 0 amide bonds. The van der Waals surface area contributed by atoms with Gasteiger partial charge in [0.15, 0.2) is 12.6 Å². The molecule has 1 aliphatic rings. The average Bonchev–Trinajstić information content (AvgIpc) is 2.91. The molecule has 1 rings (SSSR count). The van der Waals surface area contributed by atoms with Crippen LogP contribution in [0.3, 0.4) is 0 Å². The summed E-state index contributed by atoms with van der Waals surface area (Å²) < 4.78 is 4.51. The number of carbonyl (C=O) groups excluding carboxylic acids is 3. The van der Waals surface area contributed by atoms with Crippen molar-refractivity contribution >= 4 is 18.4 Å². The van der Waals surface area contributed by atoms with Crippen LogP contribution in [0.2, 0.25) is 0 Å². The largest absolute Gasteiger partial charge is 0.394 e. The van der Waals surface area contributed by atoms with Gasteiger partial charge in [-0.25, -0.2) is 0 Å². The molecule has 1 heterocycles. The predicted octanol–water partition coefficient (Wildman–Crippen LogP) is -5.93. The highest BCUT2D eigenvalue weighted by molar-refractivity contribution is 6.27. The topological polar surface area (TPSA) is 222 Å². The lowest BCUT2D eigenvalue weighted by atomic mass is 10.1. The number of ketones is 1. The van der Waals surface area contributed by atoms with E-state index < -0.39 is 61.4 Å². The number of aliphatic hydroxyl groups is 8. The van der Waals surface area contributed by atoms with E-state index in [9.17, 15) is 14.4 Å². The van der Waals surface area contributed by atoms with E-state index in [1.165, 1.54) is 0 Å². The third-order valence-corrected chi connectivity index (χ3v) is 3.13. The molecule has 1 saturated heterocycles. The summed E-state index contributed by atoms with van der Waals surface area (Å²) in [7, 11) is 0. The van der Waals surface area contributed by atoms with Crippen molar-refractivity contribution in [2.45, 2.75) is 42.4 Å². The number of Topliss-reactive ketones (excluding diaryl/α,β-unsaturated/α-hetero) is 1. The van der Waals surface area contributed by atoms with Gasteiger partial charge < -0.3 is 45.6 Å². The molecule has 0 bridgehead atoms. The van der Waals surface area contributed by atoms with Crippen molar-refractivity contribution in [3.63, 3.8) is 0 Å². The summed E-state index contributed by atoms with van der Waals surface area (Å²) >= 11 is 0. The number of hydrogen-bond donors (Lipinski definition) is 8. The van der Waals surface area contributed by atoms with E-state index in [0.717, 1.165) is 0 Å². The molecule has 26 heavy (non-hydrogen) atoms. The van der Waals surface area contributed by atoms with Crippen molar-refractivity contribution in [2.24, 2.45) is 0 Å². The zero-order valence-electron chi connectivity index (χ0n) is 13.4. The first-order chi connectivity index (χ1) is 12.1. The summed E-state index contributed by atoms with van der Waals surface area (Å²) in [6.45, 7) is -1.38. The molecule has 12 nitrogen and oxygen atoms in total. The van der Waals surface area contributed by atoms with E-state index >= 15 is 0 Å². The zero-order valence-corrected chi connectivity index (χ0v) is 13.4. The Morgan fingerprint density at radius 1 is 1.15 bits per heavy atom. The van der Waals surface area contributed by atoms with Gasteiger partial charge in [0, 0.05) is 0 Å². The average molecular weight is 382 g/mol. The van der Waals surface area contributed by atoms with E-state index in [1.54, 1.807) is 0 Å². The van der Waals surface area contributed by atoms with Gasteiger partial charge in [-0.2, -0.15) is 0 Å². The number of aldehydes is 2. The Kier molecular flexibility index (Phi) is 12.8. The van der Waals surface area contributed by atoms with E-state index in [-0.39, 0.29) is 12.6 Å². The van der Waals surface area contributed by atoms with E-state index in [4.69, 9.17) is 40.9 Å². The molecule has 0 aromatic carbocycles. The number of terminal acetylenes is 1. The minimum absolute atomic E-state index is 0.0173. The first-order valence-corrected chi connectivity index (χ1v) is 6.90. The van der Waals surface area contributed by atoms with Crippen molar-refractivity contribution in [1.29, 1.82) is 0 Å². The van der Waals surface area contributed by atoms with Crippen molar-refractivity contribution in [2.75, 3.05) is 13.2 Å². The highest BCUT2D eigenvalue weighted by Crippen LogP contribution is 2.27. The fourth-order valence-electron chi connectivity index (χ4n) is 1.63. The molecule has 0 aromatic rings. The molecule has 0 spiro atoms. The molecule has 0 aromatic heterocycles. The van der Waals surface area contributed by atoms with Gasteiger partial charge in [-0.15, -0.1) is 12.8 Å².